The molecule has 0 atom stereocenters. The molecule has 0 unspecified atom stereocenters. The number of carbonyl (C=O) groups excluding carboxylic acids is 1. The molecule has 8 heteroatoms. The second kappa shape index (κ2) is 11.2. The molecule has 0 saturated heterocycles. The maximum absolute atomic E-state index is 12.4. The van der Waals surface area contributed by atoms with Gasteiger partial charge in [-0.2, -0.15) is 0 Å². The third kappa shape index (κ3) is 6.06. The zero-order valence-corrected chi connectivity index (χ0v) is 20.1. The number of amides is 1. The minimum Gasteiger partial charge on any atom is -0.349 e. The fraction of sp³-hybridized carbons (Fsp3) is 0.375. The van der Waals surface area contributed by atoms with Gasteiger partial charge in [0.2, 0.25) is 5.91 Å². The largest absolute Gasteiger partial charge is 0.349 e. The fourth-order valence-corrected chi connectivity index (χ4v) is 5.32. The van der Waals surface area contributed by atoms with Gasteiger partial charge in [0, 0.05) is 17.2 Å². The third-order valence-electron chi connectivity index (χ3n) is 5.76. The van der Waals surface area contributed by atoms with E-state index in [1.807, 2.05) is 22.8 Å². The number of benzene rings is 2. The molecule has 5 nitrogen and oxygen atoms in total. The second-order valence-electron chi connectivity index (χ2n) is 8.07. The molecule has 1 N–H and O–H groups in total. The van der Waals surface area contributed by atoms with Gasteiger partial charge in [0.1, 0.15) is 0 Å². The topological polar surface area (TPSA) is 59.8 Å². The molecule has 168 valence electrons. The Kier molecular flexibility index (Phi) is 8.11. The van der Waals surface area contributed by atoms with E-state index in [9.17, 15) is 4.79 Å². The Labute approximate surface area is 202 Å². The van der Waals surface area contributed by atoms with Crippen LogP contribution in [0.5, 0.6) is 0 Å². The summed E-state index contributed by atoms with van der Waals surface area (Å²) in [5.41, 5.74) is 1.89. The minimum absolute atomic E-state index is 0.0436. The molecular formula is C24H26Cl2N4OS. The van der Waals surface area contributed by atoms with Crippen molar-refractivity contribution in [3.05, 3.63) is 70.0 Å². The Morgan fingerprint density at radius 1 is 1.09 bits per heavy atom. The summed E-state index contributed by atoms with van der Waals surface area (Å²) in [6.07, 6.45) is 6.58. The van der Waals surface area contributed by atoms with Crippen LogP contribution in [-0.4, -0.2) is 20.7 Å². The number of rotatable bonds is 9. The van der Waals surface area contributed by atoms with Crippen molar-refractivity contribution in [2.75, 3.05) is 0 Å². The number of hydrogen-bond donors (Lipinski definition) is 1. The molecule has 0 radical (unpaired) electrons. The van der Waals surface area contributed by atoms with Crippen molar-refractivity contribution in [2.24, 2.45) is 5.92 Å². The molecule has 1 saturated carbocycles. The summed E-state index contributed by atoms with van der Waals surface area (Å²) in [6, 6.07) is 15.5. The molecule has 0 aliphatic heterocycles. The van der Waals surface area contributed by atoms with Gasteiger partial charge in [-0.1, -0.05) is 91.0 Å². The van der Waals surface area contributed by atoms with E-state index < -0.39 is 0 Å². The molecule has 0 spiro atoms. The normalized spacial score (nSPS) is 14.1. The Morgan fingerprint density at radius 2 is 1.88 bits per heavy atom. The van der Waals surface area contributed by atoms with Crippen molar-refractivity contribution < 1.29 is 4.79 Å². The van der Waals surface area contributed by atoms with Crippen LogP contribution in [0.1, 0.15) is 49.9 Å². The van der Waals surface area contributed by atoms with Gasteiger partial charge in [0.25, 0.3) is 0 Å². The van der Waals surface area contributed by atoms with Crippen molar-refractivity contribution >= 4 is 40.9 Å². The summed E-state index contributed by atoms with van der Waals surface area (Å²) in [5.74, 6) is 2.10. The number of nitrogens with zero attached hydrogens (tertiary/aromatic N) is 3. The van der Waals surface area contributed by atoms with Crippen LogP contribution in [0, 0.1) is 5.92 Å². The van der Waals surface area contributed by atoms with E-state index in [1.54, 1.807) is 30.0 Å². The van der Waals surface area contributed by atoms with Crippen LogP contribution in [0.2, 0.25) is 10.0 Å². The first kappa shape index (κ1) is 23.1. The van der Waals surface area contributed by atoms with Gasteiger partial charge in [-0.3, -0.25) is 9.36 Å². The highest BCUT2D eigenvalue weighted by atomic mass is 35.5. The van der Waals surface area contributed by atoms with Gasteiger partial charge >= 0.3 is 0 Å². The number of hydrogen-bond acceptors (Lipinski definition) is 4. The van der Waals surface area contributed by atoms with Gasteiger partial charge in [-0.25, -0.2) is 0 Å². The van der Waals surface area contributed by atoms with Gasteiger partial charge in [-0.15, -0.1) is 10.2 Å². The van der Waals surface area contributed by atoms with E-state index in [1.165, 1.54) is 31.2 Å². The first-order valence-corrected chi connectivity index (χ1v) is 12.7. The van der Waals surface area contributed by atoms with Gasteiger partial charge < -0.3 is 5.32 Å². The average molecular weight is 489 g/mol. The molecule has 1 aliphatic rings. The molecular weight excluding hydrogens is 463 g/mol. The lowest BCUT2D eigenvalue weighted by Gasteiger charge is -2.13. The summed E-state index contributed by atoms with van der Waals surface area (Å²) in [6.45, 7) is 0.283. The van der Waals surface area contributed by atoms with Crippen LogP contribution in [0.25, 0.3) is 5.69 Å². The highest BCUT2D eigenvalue weighted by molar-refractivity contribution is 7.98. The van der Waals surface area contributed by atoms with E-state index in [-0.39, 0.29) is 12.5 Å². The fourth-order valence-electron chi connectivity index (χ4n) is 4.03. The van der Waals surface area contributed by atoms with Crippen molar-refractivity contribution in [1.82, 2.24) is 20.1 Å². The van der Waals surface area contributed by atoms with E-state index in [0.717, 1.165) is 12.2 Å². The van der Waals surface area contributed by atoms with Crippen LogP contribution in [0.3, 0.4) is 0 Å². The number of carbonyl (C=O) groups is 1. The summed E-state index contributed by atoms with van der Waals surface area (Å²) >= 11 is 14.3. The van der Waals surface area contributed by atoms with E-state index in [2.05, 4.69) is 27.6 Å². The van der Waals surface area contributed by atoms with Crippen molar-refractivity contribution in [2.45, 2.75) is 56.0 Å². The zero-order valence-electron chi connectivity index (χ0n) is 17.8. The summed E-state index contributed by atoms with van der Waals surface area (Å²) in [7, 11) is 0. The predicted molar refractivity (Wildman–Crippen MR) is 130 cm³/mol. The van der Waals surface area contributed by atoms with Crippen LogP contribution in [0.15, 0.2) is 53.7 Å². The molecule has 1 heterocycles. The molecule has 32 heavy (non-hydrogen) atoms. The van der Waals surface area contributed by atoms with Gasteiger partial charge in [0.05, 0.1) is 17.3 Å². The number of aromatic nitrogens is 3. The highest BCUT2D eigenvalue weighted by Crippen LogP contribution is 2.31. The number of nitrogens with one attached hydrogen (secondary N) is 1. The van der Waals surface area contributed by atoms with Crippen molar-refractivity contribution in [1.29, 1.82) is 0 Å². The first-order chi connectivity index (χ1) is 15.6. The van der Waals surface area contributed by atoms with E-state index in [0.29, 0.717) is 39.1 Å². The van der Waals surface area contributed by atoms with Crippen LogP contribution in [0.4, 0.5) is 0 Å². The lowest BCUT2D eigenvalue weighted by Crippen LogP contribution is -2.25. The summed E-state index contributed by atoms with van der Waals surface area (Å²) in [5, 5.41) is 13.6. The molecule has 1 fully saturated rings. The Morgan fingerprint density at radius 3 is 2.66 bits per heavy atom. The number of halogens is 2. The Bertz CT molecular complexity index is 1050. The molecule has 4 rings (SSSR count). The standard InChI is InChI=1S/C24H26Cl2N4OS/c25-19-11-12-20(26)21(14-19)30-22(15-27-23(31)13-10-17-6-4-5-7-17)28-29-24(30)32-16-18-8-2-1-3-9-18/h1-3,8-9,11-12,14,17H,4-7,10,13,15-16H2,(H,27,31). The van der Waals surface area contributed by atoms with E-state index in [4.69, 9.17) is 23.2 Å². The molecule has 2 aromatic carbocycles. The molecule has 1 aromatic heterocycles. The van der Waals surface area contributed by atoms with Gasteiger partial charge in [0.15, 0.2) is 11.0 Å². The van der Waals surface area contributed by atoms with Gasteiger partial charge in [-0.05, 0) is 36.1 Å². The quantitative estimate of drug-likeness (QED) is 0.351. The molecule has 0 bridgehead atoms. The maximum Gasteiger partial charge on any atom is 0.220 e. The zero-order chi connectivity index (χ0) is 22.3. The lowest BCUT2D eigenvalue weighted by atomic mass is 10.0. The maximum atomic E-state index is 12.4. The Balaban J connectivity index is 1.50. The number of thioether (sulfide) groups is 1. The molecule has 1 aliphatic carbocycles. The third-order valence-corrected chi connectivity index (χ3v) is 7.31. The summed E-state index contributed by atoms with van der Waals surface area (Å²) in [4.78, 5) is 12.4. The monoisotopic (exact) mass is 488 g/mol. The summed E-state index contributed by atoms with van der Waals surface area (Å²) < 4.78 is 1.89. The van der Waals surface area contributed by atoms with Crippen molar-refractivity contribution in [3.63, 3.8) is 0 Å². The van der Waals surface area contributed by atoms with Crippen LogP contribution in [-0.2, 0) is 17.1 Å². The average Bonchev–Trinajstić information content (AvgIpc) is 3.47. The molecule has 3 aromatic rings. The van der Waals surface area contributed by atoms with Crippen molar-refractivity contribution in [3.8, 4) is 5.69 Å². The SMILES string of the molecule is O=C(CCC1CCCC1)NCc1nnc(SCc2ccccc2)n1-c1cc(Cl)ccc1Cl. The minimum atomic E-state index is 0.0436. The second-order valence-corrected chi connectivity index (χ2v) is 9.86. The highest BCUT2D eigenvalue weighted by Gasteiger charge is 2.19. The first-order valence-electron chi connectivity index (χ1n) is 10.9. The van der Waals surface area contributed by atoms with Crippen LogP contribution < -0.4 is 5.32 Å². The Hall–Kier alpha value is -2.02. The smallest absolute Gasteiger partial charge is 0.220 e. The predicted octanol–water partition coefficient (Wildman–Crippen LogP) is 6.45. The van der Waals surface area contributed by atoms with Crippen LogP contribution >= 0.6 is 35.0 Å². The molecule has 1 amide bonds. The lowest BCUT2D eigenvalue weighted by molar-refractivity contribution is -0.121. The van der Waals surface area contributed by atoms with E-state index >= 15 is 0 Å².